The van der Waals surface area contributed by atoms with Gasteiger partial charge in [-0.15, -0.1) is 0 Å². The van der Waals surface area contributed by atoms with Crippen molar-refractivity contribution in [3.63, 3.8) is 0 Å². The SMILES string of the molecule is Cc1cc(Cl)nc(N2CCC(F)(F)CC2)c1C#N. The van der Waals surface area contributed by atoms with Gasteiger partial charge in [-0.1, -0.05) is 11.6 Å². The van der Waals surface area contributed by atoms with E-state index in [0.717, 1.165) is 0 Å². The molecule has 1 aromatic heterocycles. The molecular formula is C12H12ClF2N3. The second kappa shape index (κ2) is 4.69. The van der Waals surface area contributed by atoms with E-state index in [1.807, 2.05) is 0 Å². The van der Waals surface area contributed by atoms with Gasteiger partial charge >= 0.3 is 0 Å². The zero-order valence-corrected chi connectivity index (χ0v) is 10.6. The average Bonchev–Trinajstić information content (AvgIpc) is 2.28. The van der Waals surface area contributed by atoms with E-state index in [2.05, 4.69) is 11.1 Å². The van der Waals surface area contributed by atoms with E-state index in [9.17, 15) is 8.78 Å². The number of aromatic nitrogens is 1. The quantitative estimate of drug-likeness (QED) is 0.737. The molecule has 1 aliphatic rings. The molecular weight excluding hydrogens is 260 g/mol. The van der Waals surface area contributed by atoms with Gasteiger partial charge in [0.25, 0.3) is 5.92 Å². The standard InChI is InChI=1S/C12H12ClF2N3/c1-8-6-10(13)17-11(9(8)7-16)18-4-2-12(14,15)3-5-18/h6H,2-5H2,1H3. The third-order valence-corrected chi connectivity index (χ3v) is 3.27. The summed E-state index contributed by atoms with van der Waals surface area (Å²) in [4.78, 5) is 5.80. The van der Waals surface area contributed by atoms with Gasteiger partial charge in [0.1, 0.15) is 17.0 Å². The third kappa shape index (κ3) is 2.54. The van der Waals surface area contributed by atoms with Crippen LogP contribution < -0.4 is 4.90 Å². The van der Waals surface area contributed by atoms with Crippen LogP contribution in [0.25, 0.3) is 0 Å². The van der Waals surface area contributed by atoms with Crippen LogP contribution in [0.1, 0.15) is 24.0 Å². The minimum Gasteiger partial charge on any atom is -0.355 e. The maximum Gasteiger partial charge on any atom is 0.251 e. The molecule has 0 saturated carbocycles. The number of alkyl halides is 2. The van der Waals surface area contributed by atoms with Crippen LogP contribution in [-0.2, 0) is 0 Å². The molecule has 2 rings (SSSR count). The summed E-state index contributed by atoms with van der Waals surface area (Å²) in [6, 6.07) is 3.66. The summed E-state index contributed by atoms with van der Waals surface area (Å²) in [7, 11) is 0. The number of aryl methyl sites for hydroxylation is 1. The highest BCUT2D eigenvalue weighted by Gasteiger charge is 2.35. The molecule has 0 amide bonds. The summed E-state index contributed by atoms with van der Waals surface area (Å²) < 4.78 is 26.2. The third-order valence-electron chi connectivity index (χ3n) is 3.07. The fourth-order valence-corrected chi connectivity index (χ4v) is 2.27. The lowest BCUT2D eigenvalue weighted by Crippen LogP contribution is -2.40. The van der Waals surface area contributed by atoms with Crippen molar-refractivity contribution in [1.82, 2.24) is 4.98 Å². The van der Waals surface area contributed by atoms with E-state index >= 15 is 0 Å². The summed E-state index contributed by atoms with van der Waals surface area (Å²) in [5.74, 6) is -2.20. The Morgan fingerprint density at radius 2 is 2.06 bits per heavy atom. The molecule has 0 bridgehead atoms. The number of anilines is 1. The summed E-state index contributed by atoms with van der Waals surface area (Å²) in [6.07, 6.45) is -0.434. The molecule has 0 atom stereocenters. The van der Waals surface area contributed by atoms with Gasteiger partial charge in [-0.2, -0.15) is 5.26 Å². The molecule has 0 radical (unpaired) electrons. The maximum absolute atomic E-state index is 13.1. The van der Waals surface area contributed by atoms with E-state index < -0.39 is 5.92 Å². The molecule has 1 aromatic rings. The fraction of sp³-hybridized carbons (Fsp3) is 0.500. The van der Waals surface area contributed by atoms with Gasteiger partial charge in [-0.05, 0) is 18.6 Å². The normalized spacial score (nSPS) is 18.5. The van der Waals surface area contributed by atoms with Gasteiger partial charge in [0.15, 0.2) is 0 Å². The van der Waals surface area contributed by atoms with Crippen molar-refractivity contribution in [2.24, 2.45) is 0 Å². The van der Waals surface area contributed by atoms with Crippen LogP contribution in [0.15, 0.2) is 6.07 Å². The van der Waals surface area contributed by atoms with Crippen molar-refractivity contribution >= 4 is 17.4 Å². The zero-order chi connectivity index (χ0) is 13.3. The Hall–Kier alpha value is -1.41. The summed E-state index contributed by atoms with van der Waals surface area (Å²) in [5, 5.41) is 9.39. The van der Waals surface area contributed by atoms with Gasteiger partial charge in [-0.3, -0.25) is 0 Å². The lowest BCUT2D eigenvalue weighted by atomic mass is 10.1. The first-order valence-electron chi connectivity index (χ1n) is 5.63. The Kier molecular flexibility index (Phi) is 3.40. The first-order valence-corrected chi connectivity index (χ1v) is 6.01. The Morgan fingerprint density at radius 1 is 1.44 bits per heavy atom. The number of hydrogen-bond acceptors (Lipinski definition) is 3. The minimum atomic E-state index is -2.61. The van der Waals surface area contributed by atoms with Crippen molar-refractivity contribution < 1.29 is 8.78 Å². The molecule has 0 N–H and O–H groups in total. The van der Waals surface area contributed by atoms with Gasteiger partial charge < -0.3 is 4.90 Å². The number of piperidine rings is 1. The molecule has 18 heavy (non-hydrogen) atoms. The average molecular weight is 272 g/mol. The highest BCUT2D eigenvalue weighted by Crippen LogP contribution is 2.32. The van der Waals surface area contributed by atoms with E-state index in [4.69, 9.17) is 16.9 Å². The topological polar surface area (TPSA) is 39.9 Å². The highest BCUT2D eigenvalue weighted by molar-refractivity contribution is 6.29. The monoisotopic (exact) mass is 271 g/mol. The van der Waals surface area contributed by atoms with Gasteiger partial charge in [0.05, 0.1) is 5.56 Å². The first-order chi connectivity index (χ1) is 8.43. The van der Waals surface area contributed by atoms with Gasteiger partial charge in [0, 0.05) is 25.9 Å². The number of rotatable bonds is 1. The van der Waals surface area contributed by atoms with Crippen molar-refractivity contribution in [3.8, 4) is 6.07 Å². The fourth-order valence-electron chi connectivity index (χ4n) is 2.03. The van der Waals surface area contributed by atoms with E-state index in [-0.39, 0.29) is 31.1 Å². The molecule has 1 saturated heterocycles. The maximum atomic E-state index is 13.1. The van der Waals surface area contributed by atoms with Crippen molar-refractivity contribution in [2.75, 3.05) is 18.0 Å². The number of hydrogen-bond donors (Lipinski definition) is 0. The molecule has 1 aliphatic heterocycles. The van der Waals surface area contributed by atoms with Crippen molar-refractivity contribution in [1.29, 1.82) is 5.26 Å². The predicted molar refractivity (Wildman–Crippen MR) is 65.1 cm³/mol. The second-order valence-electron chi connectivity index (χ2n) is 4.42. The predicted octanol–water partition coefficient (Wildman–Crippen LogP) is 3.15. The Bertz CT molecular complexity index is 501. The van der Waals surface area contributed by atoms with Crippen LogP contribution in [0.5, 0.6) is 0 Å². The molecule has 0 aliphatic carbocycles. The van der Waals surface area contributed by atoms with Crippen molar-refractivity contribution in [2.45, 2.75) is 25.7 Å². The zero-order valence-electron chi connectivity index (χ0n) is 9.88. The van der Waals surface area contributed by atoms with Crippen LogP contribution in [0.4, 0.5) is 14.6 Å². The van der Waals surface area contributed by atoms with Crippen molar-refractivity contribution in [3.05, 3.63) is 22.3 Å². The first kappa shape index (κ1) is 13.0. The number of pyridine rings is 1. The van der Waals surface area contributed by atoms with Crippen LogP contribution in [0, 0.1) is 18.3 Å². The molecule has 0 unspecified atom stereocenters. The lowest BCUT2D eigenvalue weighted by molar-refractivity contribution is -0.0221. The number of nitriles is 1. The summed E-state index contributed by atoms with van der Waals surface area (Å²) >= 11 is 5.86. The molecule has 0 spiro atoms. The minimum absolute atomic E-state index is 0.189. The van der Waals surface area contributed by atoms with Gasteiger partial charge in [0.2, 0.25) is 0 Å². The Balaban J connectivity index is 2.32. The lowest BCUT2D eigenvalue weighted by Gasteiger charge is -2.33. The second-order valence-corrected chi connectivity index (χ2v) is 4.80. The smallest absolute Gasteiger partial charge is 0.251 e. The highest BCUT2D eigenvalue weighted by atomic mass is 35.5. The van der Waals surface area contributed by atoms with Crippen LogP contribution in [0.2, 0.25) is 5.15 Å². The van der Waals surface area contributed by atoms with E-state index in [1.165, 1.54) is 0 Å². The number of nitrogens with zero attached hydrogens (tertiary/aromatic N) is 3. The summed E-state index contributed by atoms with van der Waals surface area (Å²) in [6.45, 7) is 2.14. The largest absolute Gasteiger partial charge is 0.355 e. The Labute approximate surface area is 109 Å². The van der Waals surface area contributed by atoms with E-state index in [1.54, 1.807) is 17.9 Å². The van der Waals surface area contributed by atoms with Gasteiger partial charge in [-0.25, -0.2) is 13.8 Å². The molecule has 96 valence electrons. The van der Waals surface area contributed by atoms with Crippen LogP contribution >= 0.6 is 11.6 Å². The van der Waals surface area contributed by atoms with E-state index in [0.29, 0.717) is 16.9 Å². The molecule has 1 fully saturated rings. The number of halogens is 3. The Morgan fingerprint density at radius 3 is 2.61 bits per heavy atom. The molecule has 6 heteroatoms. The van der Waals surface area contributed by atoms with Crippen LogP contribution in [-0.4, -0.2) is 24.0 Å². The summed E-state index contributed by atoms with van der Waals surface area (Å²) in [5.41, 5.74) is 1.12. The molecule has 2 heterocycles. The molecule has 3 nitrogen and oxygen atoms in total. The molecule has 0 aromatic carbocycles. The van der Waals surface area contributed by atoms with Crippen LogP contribution in [0.3, 0.4) is 0 Å².